The van der Waals surface area contributed by atoms with Gasteiger partial charge in [0.25, 0.3) is 0 Å². The van der Waals surface area contributed by atoms with Gasteiger partial charge in [-0.25, -0.2) is 0 Å². The molecule has 1 fully saturated rings. The minimum absolute atomic E-state index is 0.513. The van der Waals surface area contributed by atoms with Gasteiger partial charge in [0.05, 0.1) is 5.60 Å². The summed E-state index contributed by atoms with van der Waals surface area (Å²) in [6.07, 6.45) is 6.93. The van der Waals surface area contributed by atoms with Crippen LogP contribution < -0.4 is 0 Å². The van der Waals surface area contributed by atoms with Crippen molar-refractivity contribution >= 4 is 11.6 Å². The highest BCUT2D eigenvalue weighted by molar-refractivity contribution is 6.30. The van der Waals surface area contributed by atoms with Crippen LogP contribution in [0, 0.1) is 0 Å². The third kappa shape index (κ3) is 2.68. The Labute approximate surface area is 114 Å². The third-order valence-corrected chi connectivity index (χ3v) is 3.73. The van der Waals surface area contributed by atoms with Crippen LogP contribution in [0.3, 0.4) is 0 Å². The maximum Gasteiger partial charge on any atom is 0.0968 e. The summed E-state index contributed by atoms with van der Waals surface area (Å²) in [6.45, 7) is 7.48. The first-order valence-electron chi connectivity index (χ1n) is 6.35. The van der Waals surface area contributed by atoms with E-state index in [2.05, 4.69) is 13.2 Å². The molecule has 1 aromatic carbocycles. The average molecular weight is 263 g/mol. The van der Waals surface area contributed by atoms with E-state index in [1.165, 1.54) is 18.4 Å². The van der Waals surface area contributed by atoms with Crippen molar-refractivity contribution in [2.24, 2.45) is 0 Å². The van der Waals surface area contributed by atoms with Crippen LogP contribution in [0.2, 0.25) is 5.02 Å². The molecule has 1 nitrogen and oxygen atoms in total. The first-order valence-corrected chi connectivity index (χ1v) is 6.72. The fourth-order valence-corrected chi connectivity index (χ4v) is 2.63. The van der Waals surface area contributed by atoms with Crippen LogP contribution >= 0.6 is 11.6 Å². The second kappa shape index (κ2) is 5.29. The number of hydrogen-bond donors (Lipinski definition) is 1. The summed E-state index contributed by atoms with van der Waals surface area (Å²) in [7, 11) is 0. The maximum atomic E-state index is 10.9. The Morgan fingerprint density at radius 1 is 1.28 bits per heavy atom. The highest BCUT2D eigenvalue weighted by atomic mass is 35.5. The summed E-state index contributed by atoms with van der Waals surface area (Å²) in [4.78, 5) is 0. The van der Waals surface area contributed by atoms with Crippen LogP contribution in [0.25, 0.3) is 0 Å². The van der Waals surface area contributed by atoms with Gasteiger partial charge in [-0.05, 0) is 54.9 Å². The topological polar surface area (TPSA) is 20.2 Å². The Hall–Kier alpha value is -1.05. The minimum Gasteiger partial charge on any atom is -0.385 e. The minimum atomic E-state index is -0.924. The zero-order chi connectivity index (χ0) is 13.2. The Kier molecular flexibility index (Phi) is 3.94. The summed E-state index contributed by atoms with van der Waals surface area (Å²) >= 11 is 6.09. The Morgan fingerprint density at radius 3 is 2.39 bits per heavy atom. The van der Waals surface area contributed by atoms with Crippen molar-refractivity contribution in [3.8, 4) is 0 Å². The molecule has 0 saturated heterocycles. The van der Waals surface area contributed by atoms with E-state index in [9.17, 15) is 5.11 Å². The van der Waals surface area contributed by atoms with Crippen molar-refractivity contribution in [1.82, 2.24) is 0 Å². The highest BCUT2D eigenvalue weighted by Gasteiger charge is 2.34. The molecule has 1 aliphatic carbocycles. The average Bonchev–Trinajstić information content (AvgIpc) is 3.13. The molecule has 0 unspecified atom stereocenters. The standard InChI is InChI=1S/C16H19ClO/c1-3-9-16(18,10-4-2)15-11-13(17)7-8-14(15)12-5-6-12/h3-4,7-8,11-12,18H,1-2,5-6,9-10H2. The highest BCUT2D eigenvalue weighted by Crippen LogP contribution is 2.46. The monoisotopic (exact) mass is 262 g/mol. The molecule has 0 bridgehead atoms. The van der Waals surface area contributed by atoms with Gasteiger partial charge in [-0.15, -0.1) is 13.2 Å². The number of aliphatic hydroxyl groups is 1. The molecule has 1 N–H and O–H groups in total. The van der Waals surface area contributed by atoms with E-state index >= 15 is 0 Å². The fraction of sp³-hybridized carbons (Fsp3) is 0.375. The summed E-state index contributed by atoms with van der Waals surface area (Å²) in [6, 6.07) is 5.84. The predicted molar refractivity (Wildman–Crippen MR) is 77.0 cm³/mol. The Bertz CT molecular complexity index is 450. The summed E-state index contributed by atoms with van der Waals surface area (Å²) in [5.41, 5.74) is 1.25. The lowest BCUT2D eigenvalue weighted by molar-refractivity contribution is 0.0421. The predicted octanol–water partition coefficient (Wildman–Crippen LogP) is 4.56. The molecule has 96 valence electrons. The van der Waals surface area contributed by atoms with E-state index in [0.717, 1.165) is 5.56 Å². The van der Waals surface area contributed by atoms with E-state index in [0.29, 0.717) is 23.8 Å². The van der Waals surface area contributed by atoms with Crippen molar-refractivity contribution in [2.45, 2.75) is 37.2 Å². The molecule has 0 aliphatic heterocycles. The number of hydrogen-bond acceptors (Lipinski definition) is 1. The number of benzene rings is 1. The van der Waals surface area contributed by atoms with E-state index in [4.69, 9.17) is 11.6 Å². The van der Waals surface area contributed by atoms with Gasteiger partial charge in [-0.3, -0.25) is 0 Å². The summed E-state index contributed by atoms with van der Waals surface area (Å²) < 4.78 is 0. The summed E-state index contributed by atoms with van der Waals surface area (Å²) in [5.74, 6) is 0.582. The van der Waals surface area contributed by atoms with E-state index in [1.807, 2.05) is 18.2 Å². The van der Waals surface area contributed by atoms with Gasteiger partial charge in [-0.2, -0.15) is 0 Å². The number of rotatable bonds is 6. The SMILES string of the molecule is C=CCC(O)(CC=C)c1cc(Cl)ccc1C1CC1. The van der Waals surface area contributed by atoms with Gasteiger partial charge in [-0.1, -0.05) is 29.8 Å². The van der Waals surface area contributed by atoms with Gasteiger partial charge < -0.3 is 5.11 Å². The third-order valence-electron chi connectivity index (χ3n) is 3.50. The van der Waals surface area contributed by atoms with Crippen molar-refractivity contribution in [2.75, 3.05) is 0 Å². The molecule has 18 heavy (non-hydrogen) atoms. The molecule has 1 aliphatic rings. The molecular weight excluding hydrogens is 244 g/mol. The van der Waals surface area contributed by atoms with Crippen LogP contribution in [0.15, 0.2) is 43.5 Å². The Balaban J connectivity index is 2.47. The van der Waals surface area contributed by atoms with Crippen LogP contribution in [0.4, 0.5) is 0 Å². The molecule has 0 heterocycles. The molecule has 0 radical (unpaired) electrons. The number of halogens is 1. The van der Waals surface area contributed by atoms with Crippen molar-refractivity contribution < 1.29 is 5.11 Å². The molecule has 1 saturated carbocycles. The lowest BCUT2D eigenvalue weighted by Crippen LogP contribution is -2.25. The van der Waals surface area contributed by atoms with Crippen LogP contribution in [-0.2, 0) is 5.60 Å². The Morgan fingerprint density at radius 2 is 1.89 bits per heavy atom. The molecule has 0 amide bonds. The maximum absolute atomic E-state index is 10.9. The van der Waals surface area contributed by atoms with Gasteiger partial charge >= 0.3 is 0 Å². The van der Waals surface area contributed by atoms with Gasteiger partial charge in [0.1, 0.15) is 0 Å². The van der Waals surface area contributed by atoms with Gasteiger partial charge in [0.15, 0.2) is 0 Å². The van der Waals surface area contributed by atoms with Gasteiger partial charge in [0.2, 0.25) is 0 Å². The van der Waals surface area contributed by atoms with E-state index < -0.39 is 5.60 Å². The van der Waals surface area contributed by atoms with Crippen LogP contribution in [0.5, 0.6) is 0 Å². The van der Waals surface area contributed by atoms with Crippen LogP contribution in [-0.4, -0.2) is 5.11 Å². The summed E-state index contributed by atoms with van der Waals surface area (Å²) in [5, 5.41) is 11.5. The van der Waals surface area contributed by atoms with E-state index in [1.54, 1.807) is 12.2 Å². The molecule has 2 heteroatoms. The zero-order valence-electron chi connectivity index (χ0n) is 10.5. The fourth-order valence-electron chi connectivity index (χ4n) is 2.46. The van der Waals surface area contributed by atoms with Crippen molar-refractivity contribution in [1.29, 1.82) is 0 Å². The second-order valence-electron chi connectivity index (χ2n) is 5.02. The smallest absolute Gasteiger partial charge is 0.0968 e. The first-order chi connectivity index (χ1) is 8.60. The largest absolute Gasteiger partial charge is 0.385 e. The molecule has 0 spiro atoms. The quantitative estimate of drug-likeness (QED) is 0.746. The zero-order valence-corrected chi connectivity index (χ0v) is 11.3. The normalized spacial score (nSPS) is 15.4. The lowest BCUT2D eigenvalue weighted by Gasteiger charge is -2.29. The molecule has 0 atom stereocenters. The first kappa shape index (κ1) is 13.4. The van der Waals surface area contributed by atoms with E-state index in [-0.39, 0.29) is 0 Å². The van der Waals surface area contributed by atoms with Crippen LogP contribution in [0.1, 0.15) is 42.7 Å². The van der Waals surface area contributed by atoms with Crippen molar-refractivity contribution in [3.05, 3.63) is 59.7 Å². The lowest BCUT2D eigenvalue weighted by atomic mass is 9.83. The molecule has 2 rings (SSSR count). The second-order valence-corrected chi connectivity index (χ2v) is 5.46. The molecular formula is C16H19ClO. The molecule has 0 aromatic heterocycles. The molecule has 1 aromatic rings. The van der Waals surface area contributed by atoms with Crippen molar-refractivity contribution in [3.63, 3.8) is 0 Å². The van der Waals surface area contributed by atoms with Gasteiger partial charge in [0, 0.05) is 5.02 Å².